The second-order valence-electron chi connectivity index (χ2n) is 6.09. The lowest BCUT2D eigenvalue weighted by molar-refractivity contribution is -0.147. The van der Waals surface area contributed by atoms with E-state index in [0.29, 0.717) is 24.2 Å². The molecule has 2 heterocycles. The van der Waals surface area contributed by atoms with Gasteiger partial charge in [0, 0.05) is 37.3 Å². The zero-order valence-corrected chi connectivity index (χ0v) is 13.7. The normalized spacial score (nSPS) is 19.5. The Balaban J connectivity index is 1.83. The third kappa shape index (κ3) is 3.26. The smallest absolute Gasteiger partial charge is 0.339 e. The molecule has 8 heteroatoms. The van der Waals surface area contributed by atoms with Gasteiger partial charge in [-0.15, -0.1) is 0 Å². The third-order valence-electron chi connectivity index (χ3n) is 4.57. The molecule has 0 spiro atoms. The minimum atomic E-state index is -1.03. The molecule has 0 aliphatic heterocycles. The summed E-state index contributed by atoms with van der Waals surface area (Å²) < 4.78 is 5.30. The summed E-state index contributed by atoms with van der Waals surface area (Å²) in [6, 6.07) is 3.62. The standard InChI is InChI=1S/C17H18N4O4/c1-21(10-2-3-11(8-10)25-14(22)4-6-18)15-12-5-7-19-16(12)20-9-13(15)17(23)24/h5,7,9-11H,2-4,8H2,1H3,(H,19,20)(H,23,24). The van der Waals surface area contributed by atoms with Crippen molar-refractivity contribution in [2.24, 2.45) is 0 Å². The van der Waals surface area contributed by atoms with Crippen molar-refractivity contribution in [3.63, 3.8) is 0 Å². The fourth-order valence-electron chi connectivity index (χ4n) is 3.38. The van der Waals surface area contributed by atoms with Gasteiger partial charge in [-0.2, -0.15) is 5.26 Å². The number of aromatic amines is 1. The lowest BCUT2D eigenvalue weighted by Crippen LogP contribution is -2.31. The van der Waals surface area contributed by atoms with Gasteiger partial charge in [0.15, 0.2) is 0 Å². The Morgan fingerprint density at radius 3 is 3.04 bits per heavy atom. The highest BCUT2D eigenvalue weighted by Gasteiger charge is 2.32. The molecule has 8 nitrogen and oxygen atoms in total. The largest absolute Gasteiger partial charge is 0.478 e. The summed E-state index contributed by atoms with van der Waals surface area (Å²) in [4.78, 5) is 32.2. The molecule has 0 aromatic carbocycles. The quantitative estimate of drug-likeness (QED) is 0.798. The van der Waals surface area contributed by atoms with Gasteiger partial charge in [0.05, 0.1) is 11.8 Å². The van der Waals surface area contributed by atoms with Gasteiger partial charge in [0.2, 0.25) is 0 Å². The number of anilines is 1. The number of carbonyl (C=O) groups excluding carboxylic acids is 1. The summed E-state index contributed by atoms with van der Waals surface area (Å²) in [6.07, 6.45) is 4.64. The number of hydrogen-bond acceptors (Lipinski definition) is 6. The van der Waals surface area contributed by atoms with Gasteiger partial charge in [0.25, 0.3) is 0 Å². The molecule has 0 amide bonds. The SMILES string of the molecule is CN(c1c(C(=O)O)cnc2[nH]ccc12)C1CCC(OC(=O)CC#N)C1. The molecule has 1 aliphatic rings. The van der Waals surface area contributed by atoms with Crippen LogP contribution in [0.3, 0.4) is 0 Å². The van der Waals surface area contributed by atoms with E-state index in [9.17, 15) is 14.7 Å². The summed E-state index contributed by atoms with van der Waals surface area (Å²) >= 11 is 0. The number of aromatic carboxylic acids is 1. The van der Waals surface area contributed by atoms with Crippen molar-refractivity contribution in [1.29, 1.82) is 5.26 Å². The number of ether oxygens (including phenoxy) is 1. The van der Waals surface area contributed by atoms with Crippen LogP contribution in [0.5, 0.6) is 0 Å². The second kappa shape index (κ2) is 6.81. The Bertz CT molecular complexity index is 854. The molecule has 1 fully saturated rings. The van der Waals surface area contributed by atoms with Gasteiger partial charge in [0.1, 0.15) is 23.7 Å². The molecule has 2 aromatic heterocycles. The Morgan fingerprint density at radius 1 is 1.52 bits per heavy atom. The highest BCUT2D eigenvalue weighted by Crippen LogP contribution is 2.35. The van der Waals surface area contributed by atoms with Crippen molar-refractivity contribution < 1.29 is 19.4 Å². The van der Waals surface area contributed by atoms with Crippen LogP contribution in [-0.2, 0) is 9.53 Å². The number of pyridine rings is 1. The van der Waals surface area contributed by atoms with Crippen molar-refractivity contribution >= 4 is 28.7 Å². The Labute approximate surface area is 144 Å². The maximum Gasteiger partial charge on any atom is 0.339 e. The lowest BCUT2D eigenvalue weighted by Gasteiger charge is -2.28. The van der Waals surface area contributed by atoms with Crippen LogP contribution >= 0.6 is 0 Å². The number of nitriles is 1. The van der Waals surface area contributed by atoms with Crippen molar-refractivity contribution in [2.75, 3.05) is 11.9 Å². The van der Waals surface area contributed by atoms with E-state index in [1.165, 1.54) is 6.20 Å². The molecular weight excluding hydrogens is 324 g/mol. The molecule has 2 unspecified atom stereocenters. The molecule has 0 saturated heterocycles. The fourth-order valence-corrected chi connectivity index (χ4v) is 3.38. The van der Waals surface area contributed by atoms with Crippen molar-refractivity contribution in [1.82, 2.24) is 9.97 Å². The molecule has 2 N–H and O–H groups in total. The first-order valence-electron chi connectivity index (χ1n) is 8.00. The van der Waals surface area contributed by atoms with Crippen LogP contribution in [0.2, 0.25) is 0 Å². The van der Waals surface area contributed by atoms with Gasteiger partial charge < -0.3 is 19.7 Å². The topological polar surface area (TPSA) is 119 Å². The minimum absolute atomic E-state index is 0.0403. The van der Waals surface area contributed by atoms with Crippen LogP contribution in [0.15, 0.2) is 18.5 Å². The zero-order chi connectivity index (χ0) is 18.0. The van der Waals surface area contributed by atoms with Gasteiger partial charge >= 0.3 is 11.9 Å². The maximum atomic E-state index is 11.6. The van der Waals surface area contributed by atoms with Crippen LogP contribution in [-0.4, -0.2) is 46.2 Å². The summed E-state index contributed by atoms with van der Waals surface area (Å²) in [7, 11) is 1.85. The maximum absolute atomic E-state index is 11.6. The number of esters is 1. The number of rotatable bonds is 5. The molecule has 0 radical (unpaired) electrons. The average molecular weight is 342 g/mol. The molecule has 2 aromatic rings. The van der Waals surface area contributed by atoms with Gasteiger partial charge in [-0.3, -0.25) is 4.79 Å². The summed E-state index contributed by atoms with van der Waals surface area (Å²) in [5.41, 5.74) is 1.37. The lowest BCUT2D eigenvalue weighted by atomic mass is 10.1. The van der Waals surface area contributed by atoms with Crippen LogP contribution < -0.4 is 4.90 Å². The van der Waals surface area contributed by atoms with Crippen molar-refractivity contribution in [3.05, 3.63) is 24.0 Å². The predicted molar refractivity (Wildman–Crippen MR) is 89.2 cm³/mol. The number of H-pyrrole nitrogens is 1. The van der Waals surface area contributed by atoms with Gasteiger partial charge in [-0.25, -0.2) is 9.78 Å². The van der Waals surface area contributed by atoms with Gasteiger partial charge in [-0.1, -0.05) is 0 Å². The minimum Gasteiger partial charge on any atom is -0.478 e. The fraction of sp³-hybridized carbons (Fsp3) is 0.412. The Kier molecular flexibility index (Phi) is 4.57. The van der Waals surface area contributed by atoms with E-state index in [1.54, 1.807) is 18.3 Å². The van der Waals surface area contributed by atoms with E-state index in [4.69, 9.17) is 10.00 Å². The van der Waals surface area contributed by atoms with Crippen LogP contribution in [0.4, 0.5) is 5.69 Å². The number of fused-ring (bicyclic) bond motifs is 1. The van der Waals surface area contributed by atoms with Crippen LogP contribution in [0.1, 0.15) is 36.0 Å². The van der Waals surface area contributed by atoms with Gasteiger partial charge in [-0.05, 0) is 18.9 Å². The Hall–Kier alpha value is -3.08. The highest BCUT2D eigenvalue weighted by atomic mass is 16.5. The average Bonchev–Trinajstić information content (AvgIpc) is 3.22. The molecule has 130 valence electrons. The van der Waals surface area contributed by atoms with E-state index >= 15 is 0 Å². The first kappa shape index (κ1) is 16.8. The number of carboxylic acids is 1. The summed E-state index contributed by atoms with van der Waals surface area (Å²) in [5.74, 6) is -1.55. The second-order valence-corrected chi connectivity index (χ2v) is 6.09. The molecule has 0 bridgehead atoms. The van der Waals surface area contributed by atoms with E-state index < -0.39 is 11.9 Å². The monoisotopic (exact) mass is 342 g/mol. The summed E-state index contributed by atoms with van der Waals surface area (Å²) in [6.45, 7) is 0. The number of hydrogen-bond donors (Lipinski definition) is 2. The van der Waals surface area contributed by atoms with Crippen LogP contribution in [0, 0.1) is 11.3 Å². The number of nitrogens with zero attached hydrogens (tertiary/aromatic N) is 3. The third-order valence-corrected chi connectivity index (χ3v) is 4.57. The van der Waals surface area contributed by atoms with Crippen LogP contribution in [0.25, 0.3) is 11.0 Å². The van der Waals surface area contributed by atoms with E-state index in [0.717, 1.165) is 11.8 Å². The molecule has 3 rings (SSSR count). The Morgan fingerprint density at radius 2 is 2.32 bits per heavy atom. The van der Waals surface area contributed by atoms with Crippen molar-refractivity contribution in [3.8, 4) is 6.07 Å². The number of aromatic nitrogens is 2. The highest BCUT2D eigenvalue weighted by molar-refractivity contribution is 6.04. The molecule has 1 aliphatic carbocycles. The molecule has 1 saturated carbocycles. The predicted octanol–water partition coefficient (Wildman–Crippen LogP) is 2.08. The number of nitrogens with one attached hydrogen (secondary N) is 1. The zero-order valence-electron chi connectivity index (χ0n) is 13.7. The molecule has 2 atom stereocenters. The first-order valence-corrected chi connectivity index (χ1v) is 8.00. The molecular formula is C17H18N4O4. The van der Waals surface area contributed by atoms with E-state index in [1.807, 2.05) is 11.9 Å². The van der Waals surface area contributed by atoms with E-state index in [-0.39, 0.29) is 24.1 Å². The van der Waals surface area contributed by atoms with Crippen molar-refractivity contribution in [2.45, 2.75) is 37.8 Å². The number of carbonyl (C=O) groups is 2. The summed E-state index contributed by atoms with van der Waals surface area (Å²) in [5, 5.41) is 18.8. The molecule has 25 heavy (non-hydrogen) atoms. The number of carboxylic acid groups (broad SMARTS) is 1. The van der Waals surface area contributed by atoms with E-state index in [2.05, 4.69) is 9.97 Å². The first-order chi connectivity index (χ1) is 12.0.